The molecule has 0 radical (unpaired) electrons. The summed E-state index contributed by atoms with van der Waals surface area (Å²) in [6.07, 6.45) is 0.886. The Morgan fingerprint density at radius 2 is 1.90 bits per heavy atom. The monoisotopic (exact) mass is 427 g/mol. The van der Waals surface area contributed by atoms with E-state index in [4.69, 9.17) is 0 Å². The molecule has 1 aromatic heterocycles. The number of aromatic nitrogens is 1. The number of hydrogen-bond donors (Lipinski definition) is 0. The normalized spacial score (nSPS) is 14.7. The zero-order chi connectivity index (χ0) is 20.1. The Hall–Kier alpha value is -2.38. The molecule has 1 aliphatic heterocycles. The quantitative estimate of drug-likeness (QED) is 0.541. The predicted octanol–water partition coefficient (Wildman–Crippen LogP) is 4.93. The number of thioether (sulfide) groups is 1. The lowest BCUT2D eigenvalue weighted by molar-refractivity contribution is 0.0763. The molecule has 0 atom stereocenters. The molecule has 0 spiro atoms. The third kappa shape index (κ3) is 4.97. The van der Waals surface area contributed by atoms with Crippen LogP contribution in [0.1, 0.15) is 22.5 Å². The van der Waals surface area contributed by atoms with Crippen molar-refractivity contribution in [2.45, 2.75) is 17.1 Å². The highest BCUT2D eigenvalue weighted by Crippen LogP contribution is 2.27. The van der Waals surface area contributed by atoms with Crippen molar-refractivity contribution in [1.29, 1.82) is 0 Å². The van der Waals surface area contributed by atoms with Crippen LogP contribution in [0.15, 0.2) is 64.3 Å². The van der Waals surface area contributed by atoms with E-state index in [9.17, 15) is 9.18 Å². The Kier molecular flexibility index (Phi) is 6.46. The Bertz CT molecular complexity index is 947. The molecule has 1 amide bonds. The topological polar surface area (TPSA) is 36.4 Å². The highest BCUT2D eigenvalue weighted by atomic mass is 32.2. The highest BCUT2D eigenvalue weighted by Gasteiger charge is 2.22. The lowest BCUT2D eigenvalue weighted by atomic mass is 10.2. The fourth-order valence-electron chi connectivity index (χ4n) is 3.43. The van der Waals surface area contributed by atoms with Gasteiger partial charge >= 0.3 is 0 Å². The van der Waals surface area contributed by atoms with Crippen LogP contribution in [0.4, 0.5) is 10.1 Å². The maximum absolute atomic E-state index is 13.3. The number of hydrogen-bond acceptors (Lipinski definition) is 5. The van der Waals surface area contributed by atoms with Crippen LogP contribution in [0.3, 0.4) is 0 Å². The average Bonchev–Trinajstić information content (AvgIpc) is 3.15. The van der Waals surface area contributed by atoms with E-state index in [1.807, 2.05) is 40.1 Å². The maximum Gasteiger partial charge on any atom is 0.255 e. The van der Waals surface area contributed by atoms with Gasteiger partial charge in [0, 0.05) is 47.9 Å². The van der Waals surface area contributed by atoms with Crippen LogP contribution in [0, 0.1) is 5.82 Å². The van der Waals surface area contributed by atoms with Gasteiger partial charge in [-0.05, 0) is 42.8 Å². The largest absolute Gasteiger partial charge is 0.370 e. The number of nitrogens with zero attached hydrogens (tertiary/aromatic N) is 3. The standard InChI is InChI=1S/C22H22FN3OS2/c23-17-6-8-19(9-7-17)25-10-3-11-26(13-12-25)22(27)20-4-1-2-5-21(20)29-15-18-14-28-16-24-18/h1-2,4-9,14,16H,3,10-13,15H2. The SMILES string of the molecule is O=C(c1ccccc1SCc1cscn1)N1CCCN(c2ccc(F)cc2)CC1. The molecule has 0 bridgehead atoms. The molecule has 0 N–H and O–H groups in total. The smallest absolute Gasteiger partial charge is 0.255 e. The van der Waals surface area contributed by atoms with Crippen LogP contribution in [-0.2, 0) is 5.75 Å². The summed E-state index contributed by atoms with van der Waals surface area (Å²) in [7, 11) is 0. The molecular formula is C22H22FN3OS2. The van der Waals surface area contributed by atoms with Crippen LogP contribution in [0.25, 0.3) is 0 Å². The van der Waals surface area contributed by atoms with Crippen molar-refractivity contribution in [3.63, 3.8) is 0 Å². The van der Waals surface area contributed by atoms with Gasteiger partial charge in [0.05, 0.1) is 16.8 Å². The molecule has 7 heteroatoms. The van der Waals surface area contributed by atoms with E-state index in [2.05, 4.69) is 9.88 Å². The summed E-state index contributed by atoms with van der Waals surface area (Å²) in [5.41, 5.74) is 4.62. The predicted molar refractivity (Wildman–Crippen MR) is 117 cm³/mol. The van der Waals surface area contributed by atoms with Crippen molar-refractivity contribution in [1.82, 2.24) is 9.88 Å². The fourth-order valence-corrected chi connectivity index (χ4v) is 5.04. The Morgan fingerprint density at radius 3 is 2.69 bits per heavy atom. The third-order valence-electron chi connectivity index (χ3n) is 4.95. The molecule has 0 aliphatic carbocycles. The van der Waals surface area contributed by atoms with Crippen molar-refractivity contribution < 1.29 is 9.18 Å². The summed E-state index contributed by atoms with van der Waals surface area (Å²) in [6.45, 7) is 2.98. The summed E-state index contributed by atoms with van der Waals surface area (Å²) in [4.78, 5) is 22.7. The van der Waals surface area contributed by atoms with Gasteiger partial charge < -0.3 is 9.80 Å². The minimum absolute atomic E-state index is 0.0762. The van der Waals surface area contributed by atoms with E-state index in [-0.39, 0.29) is 11.7 Å². The van der Waals surface area contributed by atoms with E-state index >= 15 is 0 Å². The van der Waals surface area contributed by atoms with Gasteiger partial charge in [-0.1, -0.05) is 12.1 Å². The van der Waals surface area contributed by atoms with Crippen molar-refractivity contribution in [3.05, 3.63) is 76.5 Å². The highest BCUT2D eigenvalue weighted by molar-refractivity contribution is 7.98. The van der Waals surface area contributed by atoms with Crippen LogP contribution in [-0.4, -0.2) is 42.0 Å². The van der Waals surface area contributed by atoms with Crippen LogP contribution in [0.5, 0.6) is 0 Å². The minimum atomic E-state index is -0.230. The van der Waals surface area contributed by atoms with Crippen molar-refractivity contribution in [2.24, 2.45) is 0 Å². The molecule has 0 unspecified atom stereocenters. The van der Waals surface area contributed by atoms with Gasteiger partial charge in [0.25, 0.3) is 5.91 Å². The van der Waals surface area contributed by atoms with E-state index in [0.717, 1.165) is 53.6 Å². The summed E-state index contributed by atoms with van der Waals surface area (Å²) in [5, 5.41) is 2.04. The van der Waals surface area contributed by atoms with Gasteiger partial charge in [0.15, 0.2) is 0 Å². The first-order valence-corrected chi connectivity index (χ1v) is 11.5. The van der Waals surface area contributed by atoms with Gasteiger partial charge in [0.2, 0.25) is 0 Å². The molecule has 1 fully saturated rings. The lowest BCUT2D eigenvalue weighted by Gasteiger charge is -2.24. The van der Waals surface area contributed by atoms with Crippen molar-refractivity contribution in [3.8, 4) is 0 Å². The average molecular weight is 428 g/mol. The molecule has 3 aromatic rings. The molecule has 4 nitrogen and oxygen atoms in total. The second-order valence-electron chi connectivity index (χ2n) is 6.87. The first kappa shape index (κ1) is 19.9. The summed E-state index contributed by atoms with van der Waals surface area (Å²) in [6, 6.07) is 14.4. The lowest BCUT2D eigenvalue weighted by Crippen LogP contribution is -2.35. The summed E-state index contributed by atoms with van der Waals surface area (Å²) in [5.74, 6) is 0.603. The molecule has 2 heterocycles. The van der Waals surface area contributed by atoms with E-state index in [1.54, 1.807) is 35.2 Å². The number of anilines is 1. The number of halogens is 1. The summed E-state index contributed by atoms with van der Waals surface area (Å²) < 4.78 is 13.2. The number of benzene rings is 2. The maximum atomic E-state index is 13.3. The van der Waals surface area contributed by atoms with Gasteiger partial charge in [-0.2, -0.15) is 0 Å². The van der Waals surface area contributed by atoms with Gasteiger partial charge in [0.1, 0.15) is 5.82 Å². The second kappa shape index (κ2) is 9.41. The molecule has 1 saturated heterocycles. The van der Waals surface area contributed by atoms with Gasteiger partial charge in [-0.25, -0.2) is 9.37 Å². The Labute approximate surface area is 178 Å². The molecule has 2 aromatic carbocycles. The van der Waals surface area contributed by atoms with Crippen LogP contribution < -0.4 is 4.90 Å². The number of thiazole rings is 1. The van der Waals surface area contributed by atoms with Crippen molar-refractivity contribution in [2.75, 3.05) is 31.1 Å². The molecule has 1 aliphatic rings. The number of carbonyl (C=O) groups is 1. The number of rotatable bonds is 5. The van der Waals surface area contributed by atoms with Gasteiger partial charge in [-0.3, -0.25) is 4.79 Å². The molecule has 0 saturated carbocycles. The Balaban J connectivity index is 1.43. The first-order chi connectivity index (χ1) is 14.2. The van der Waals surface area contributed by atoms with Gasteiger partial charge in [-0.15, -0.1) is 23.1 Å². The third-order valence-corrected chi connectivity index (χ3v) is 6.69. The zero-order valence-corrected chi connectivity index (χ0v) is 17.6. The second-order valence-corrected chi connectivity index (χ2v) is 8.61. The molecule has 4 rings (SSSR count). The number of carbonyl (C=O) groups excluding carboxylic acids is 1. The zero-order valence-electron chi connectivity index (χ0n) is 16.0. The number of amides is 1. The molecular weight excluding hydrogens is 405 g/mol. The van der Waals surface area contributed by atoms with E-state index < -0.39 is 0 Å². The first-order valence-electron chi connectivity index (χ1n) is 9.59. The Morgan fingerprint density at radius 1 is 1.07 bits per heavy atom. The molecule has 29 heavy (non-hydrogen) atoms. The van der Waals surface area contributed by atoms with E-state index in [0.29, 0.717) is 6.54 Å². The van der Waals surface area contributed by atoms with Crippen LogP contribution in [0.2, 0.25) is 0 Å². The molecule has 150 valence electrons. The fraction of sp³-hybridized carbons (Fsp3) is 0.273. The van der Waals surface area contributed by atoms with Crippen molar-refractivity contribution >= 4 is 34.7 Å². The van der Waals surface area contributed by atoms with Crippen LogP contribution >= 0.6 is 23.1 Å². The van der Waals surface area contributed by atoms with E-state index in [1.165, 1.54) is 12.1 Å². The minimum Gasteiger partial charge on any atom is -0.370 e. The summed E-state index contributed by atoms with van der Waals surface area (Å²) >= 11 is 3.24.